The van der Waals surface area contributed by atoms with Crippen LogP contribution in [0.5, 0.6) is 5.75 Å². The molecule has 1 aromatic rings. The van der Waals surface area contributed by atoms with Crippen molar-refractivity contribution in [3.63, 3.8) is 0 Å². The largest absolute Gasteiger partial charge is 0.573 e. The summed E-state index contributed by atoms with van der Waals surface area (Å²) in [5.41, 5.74) is 0.950. The second-order valence-corrected chi connectivity index (χ2v) is 5.13. The van der Waals surface area contributed by atoms with E-state index in [1.165, 1.54) is 0 Å². The van der Waals surface area contributed by atoms with Crippen molar-refractivity contribution >= 4 is 5.57 Å². The number of halogens is 4. The fraction of sp³-hybridized carbons (Fsp3) is 0.429. The zero-order valence-corrected chi connectivity index (χ0v) is 10.5. The number of benzene rings is 1. The Bertz CT molecular complexity index is 553. The number of hydrogen-bond acceptors (Lipinski definition) is 2. The minimum atomic E-state index is -4.77. The summed E-state index contributed by atoms with van der Waals surface area (Å²) in [6.07, 6.45) is -0.252. The predicted molar refractivity (Wildman–Crippen MR) is 65.6 cm³/mol. The number of rotatable bonds is 2. The van der Waals surface area contributed by atoms with Crippen LogP contribution in [-0.2, 0) is 0 Å². The van der Waals surface area contributed by atoms with Crippen molar-refractivity contribution in [2.75, 3.05) is 0 Å². The van der Waals surface area contributed by atoms with Gasteiger partial charge in [-0.15, -0.1) is 13.2 Å². The van der Waals surface area contributed by atoms with Gasteiger partial charge in [-0.25, -0.2) is 4.39 Å². The van der Waals surface area contributed by atoms with Gasteiger partial charge in [-0.2, -0.15) is 0 Å². The van der Waals surface area contributed by atoms with E-state index in [-0.39, 0.29) is 23.4 Å². The summed E-state index contributed by atoms with van der Waals surface area (Å²) in [5.74, 6) is -0.909. The molecule has 2 unspecified atom stereocenters. The molecule has 1 saturated heterocycles. The molecule has 0 saturated carbocycles. The van der Waals surface area contributed by atoms with Crippen molar-refractivity contribution in [1.82, 2.24) is 5.32 Å². The quantitative estimate of drug-likeness (QED) is 0.839. The highest BCUT2D eigenvalue weighted by Gasteiger charge is 2.32. The standard InChI is InChI=1S/C14H13F4NO/c15-13-4-3-11(20-14(16,17)18)7-12(13)8-5-9-1-2-10(6-8)19-9/h3-5,7,9-10,19H,1-2,6H2. The first-order chi connectivity index (χ1) is 9.40. The molecule has 0 spiro atoms. The van der Waals surface area contributed by atoms with Crippen molar-refractivity contribution in [2.24, 2.45) is 0 Å². The van der Waals surface area contributed by atoms with Crippen LogP contribution in [0.1, 0.15) is 24.8 Å². The van der Waals surface area contributed by atoms with Crippen molar-refractivity contribution in [1.29, 1.82) is 0 Å². The van der Waals surface area contributed by atoms with E-state index in [0.717, 1.165) is 36.6 Å². The molecule has 0 radical (unpaired) electrons. The molecule has 108 valence electrons. The number of hydrogen-bond donors (Lipinski definition) is 1. The molecule has 2 heterocycles. The van der Waals surface area contributed by atoms with Crippen molar-refractivity contribution in [3.8, 4) is 5.75 Å². The predicted octanol–water partition coefficient (Wildman–Crippen LogP) is 3.63. The van der Waals surface area contributed by atoms with Gasteiger partial charge in [0.05, 0.1) is 0 Å². The number of nitrogens with one attached hydrogen (secondary N) is 1. The van der Waals surface area contributed by atoms with E-state index in [1.54, 1.807) is 0 Å². The minimum absolute atomic E-state index is 0.190. The molecule has 3 rings (SSSR count). The summed E-state index contributed by atoms with van der Waals surface area (Å²) in [7, 11) is 0. The summed E-state index contributed by atoms with van der Waals surface area (Å²) in [5, 5.41) is 3.35. The average molecular weight is 287 g/mol. The molecule has 2 aliphatic rings. The van der Waals surface area contributed by atoms with Crippen LogP contribution in [0, 0.1) is 5.82 Å². The van der Waals surface area contributed by atoms with Crippen LogP contribution in [0.2, 0.25) is 0 Å². The molecule has 2 bridgehead atoms. The molecule has 0 amide bonds. The van der Waals surface area contributed by atoms with Gasteiger partial charge in [-0.1, -0.05) is 6.08 Å². The third-order valence-electron chi connectivity index (χ3n) is 3.66. The lowest BCUT2D eigenvalue weighted by molar-refractivity contribution is -0.274. The third kappa shape index (κ3) is 2.80. The second-order valence-electron chi connectivity index (χ2n) is 5.13. The molecule has 6 heteroatoms. The lowest BCUT2D eigenvalue weighted by atomic mass is 9.95. The zero-order valence-electron chi connectivity index (χ0n) is 10.5. The first kappa shape index (κ1) is 13.4. The highest BCUT2D eigenvalue weighted by Crippen LogP contribution is 2.35. The fourth-order valence-corrected chi connectivity index (χ4v) is 2.87. The Labute approximate surface area is 113 Å². The highest BCUT2D eigenvalue weighted by atomic mass is 19.4. The van der Waals surface area contributed by atoms with Gasteiger partial charge in [0, 0.05) is 17.6 Å². The zero-order chi connectivity index (χ0) is 14.3. The van der Waals surface area contributed by atoms with Crippen LogP contribution in [0.3, 0.4) is 0 Å². The highest BCUT2D eigenvalue weighted by molar-refractivity contribution is 5.69. The molecular formula is C14H13F4NO. The number of alkyl halides is 3. The molecule has 0 aliphatic carbocycles. The lowest BCUT2D eigenvalue weighted by Gasteiger charge is -2.22. The molecule has 0 aromatic heterocycles. The van der Waals surface area contributed by atoms with Crippen LogP contribution >= 0.6 is 0 Å². The number of ether oxygens (including phenoxy) is 1. The third-order valence-corrected chi connectivity index (χ3v) is 3.66. The Morgan fingerprint density at radius 1 is 1.20 bits per heavy atom. The summed E-state index contributed by atoms with van der Waals surface area (Å²) >= 11 is 0. The van der Waals surface area contributed by atoms with Gasteiger partial charge in [0.15, 0.2) is 0 Å². The second kappa shape index (κ2) is 4.77. The average Bonchev–Trinajstić information content (AvgIpc) is 2.69. The molecule has 20 heavy (non-hydrogen) atoms. The Morgan fingerprint density at radius 2 is 2.00 bits per heavy atom. The molecule has 1 fully saturated rings. The van der Waals surface area contributed by atoms with Crippen LogP contribution in [-0.4, -0.2) is 18.4 Å². The van der Waals surface area contributed by atoms with E-state index < -0.39 is 12.2 Å². The summed E-state index contributed by atoms with van der Waals surface area (Å²) < 4.78 is 54.3. The van der Waals surface area contributed by atoms with Crippen molar-refractivity contribution < 1.29 is 22.3 Å². The van der Waals surface area contributed by atoms with Gasteiger partial charge in [-0.3, -0.25) is 0 Å². The molecule has 1 N–H and O–H groups in total. The topological polar surface area (TPSA) is 21.3 Å². The maximum Gasteiger partial charge on any atom is 0.573 e. The van der Waals surface area contributed by atoms with E-state index >= 15 is 0 Å². The SMILES string of the molecule is Fc1ccc(OC(F)(F)F)cc1C1=CC2CCC(C1)N2. The van der Waals surface area contributed by atoms with Crippen LogP contribution in [0.15, 0.2) is 24.3 Å². The van der Waals surface area contributed by atoms with Crippen LogP contribution < -0.4 is 10.1 Å². The van der Waals surface area contributed by atoms with E-state index in [2.05, 4.69) is 10.1 Å². The molecule has 1 aromatic carbocycles. The Kier molecular flexibility index (Phi) is 3.20. The van der Waals surface area contributed by atoms with E-state index in [9.17, 15) is 17.6 Å². The minimum Gasteiger partial charge on any atom is -0.406 e. The van der Waals surface area contributed by atoms with Gasteiger partial charge >= 0.3 is 6.36 Å². The Balaban J connectivity index is 1.91. The van der Waals surface area contributed by atoms with Gasteiger partial charge in [0.2, 0.25) is 0 Å². The Morgan fingerprint density at radius 3 is 2.70 bits per heavy atom. The summed E-state index contributed by atoms with van der Waals surface area (Å²) in [6, 6.07) is 3.60. The summed E-state index contributed by atoms with van der Waals surface area (Å²) in [6.45, 7) is 0. The fourth-order valence-electron chi connectivity index (χ4n) is 2.87. The molecule has 2 aliphatic heterocycles. The van der Waals surface area contributed by atoms with Crippen LogP contribution in [0.25, 0.3) is 5.57 Å². The summed E-state index contributed by atoms with van der Waals surface area (Å²) in [4.78, 5) is 0. The molecule has 2 atom stereocenters. The monoisotopic (exact) mass is 287 g/mol. The Hall–Kier alpha value is -1.56. The van der Waals surface area contributed by atoms with Gasteiger partial charge < -0.3 is 10.1 Å². The maximum absolute atomic E-state index is 13.9. The van der Waals surface area contributed by atoms with Crippen molar-refractivity contribution in [2.45, 2.75) is 37.7 Å². The molecular weight excluding hydrogens is 274 g/mol. The lowest BCUT2D eigenvalue weighted by Crippen LogP contribution is -2.32. The maximum atomic E-state index is 13.9. The first-order valence-electron chi connectivity index (χ1n) is 6.43. The molecule has 2 nitrogen and oxygen atoms in total. The number of fused-ring (bicyclic) bond motifs is 2. The van der Waals surface area contributed by atoms with Gasteiger partial charge in [0.1, 0.15) is 11.6 Å². The van der Waals surface area contributed by atoms with Gasteiger partial charge in [0.25, 0.3) is 0 Å². The van der Waals surface area contributed by atoms with Crippen LogP contribution in [0.4, 0.5) is 17.6 Å². The van der Waals surface area contributed by atoms with Gasteiger partial charge in [-0.05, 0) is 43.0 Å². The van der Waals surface area contributed by atoms with E-state index in [4.69, 9.17) is 0 Å². The van der Waals surface area contributed by atoms with E-state index in [0.29, 0.717) is 6.42 Å². The van der Waals surface area contributed by atoms with E-state index in [1.807, 2.05) is 6.08 Å². The normalized spacial score (nSPS) is 25.5. The van der Waals surface area contributed by atoms with Crippen molar-refractivity contribution in [3.05, 3.63) is 35.7 Å². The smallest absolute Gasteiger partial charge is 0.406 e. The first-order valence-corrected chi connectivity index (χ1v) is 6.43.